The van der Waals surface area contributed by atoms with Crippen LogP contribution in [0, 0.1) is 0 Å². The van der Waals surface area contributed by atoms with E-state index in [4.69, 9.17) is 4.74 Å². The van der Waals surface area contributed by atoms with Gasteiger partial charge in [-0.05, 0) is 42.5 Å². The molecule has 0 radical (unpaired) electrons. The van der Waals surface area contributed by atoms with Crippen molar-refractivity contribution in [2.45, 2.75) is 12.3 Å². The van der Waals surface area contributed by atoms with Gasteiger partial charge in [0.05, 0.1) is 18.0 Å². The Kier molecular flexibility index (Phi) is 4.24. The average Bonchev–Trinajstić information content (AvgIpc) is 3.04. The van der Waals surface area contributed by atoms with Gasteiger partial charge in [0.1, 0.15) is 11.6 Å². The van der Waals surface area contributed by atoms with E-state index in [1.165, 1.54) is 0 Å². The van der Waals surface area contributed by atoms with Crippen LogP contribution in [0.15, 0.2) is 51.7 Å². The molecule has 1 atom stereocenters. The van der Waals surface area contributed by atoms with Crippen LogP contribution < -0.4 is 15.2 Å². The van der Waals surface area contributed by atoms with Crippen molar-refractivity contribution in [1.29, 1.82) is 0 Å². The third kappa shape index (κ3) is 2.99. The summed E-state index contributed by atoms with van der Waals surface area (Å²) in [6.45, 7) is 0.491. The second-order valence-electron chi connectivity index (χ2n) is 6.22. The highest BCUT2D eigenvalue weighted by Gasteiger charge is 2.33. The number of benzene rings is 2. The highest BCUT2D eigenvalue weighted by molar-refractivity contribution is 9.10. The molecule has 0 unspecified atom stereocenters. The molecule has 0 bridgehead atoms. The summed E-state index contributed by atoms with van der Waals surface area (Å²) < 4.78 is 6.12. The second-order valence-corrected chi connectivity index (χ2v) is 7.13. The van der Waals surface area contributed by atoms with Crippen LogP contribution in [-0.2, 0) is 4.79 Å². The van der Waals surface area contributed by atoms with Crippen molar-refractivity contribution < 1.29 is 9.53 Å². The Morgan fingerprint density at radius 2 is 1.96 bits per heavy atom. The van der Waals surface area contributed by atoms with Crippen molar-refractivity contribution in [3.8, 4) is 5.75 Å². The van der Waals surface area contributed by atoms with Crippen LogP contribution in [0.5, 0.6) is 5.75 Å². The number of halogens is 1. The zero-order valence-electron chi connectivity index (χ0n) is 14.0. The normalized spacial score (nSPS) is 17.1. The number of rotatable bonds is 3. The molecular weight excluding hydrogens is 398 g/mol. The van der Waals surface area contributed by atoms with E-state index < -0.39 is 0 Å². The third-order valence-corrected chi connectivity index (χ3v) is 5.11. The second kappa shape index (κ2) is 6.57. The van der Waals surface area contributed by atoms with E-state index in [1.54, 1.807) is 30.2 Å². The Labute approximate surface area is 157 Å². The molecule has 132 valence electrons. The first-order valence-electron chi connectivity index (χ1n) is 8.19. The maximum absolute atomic E-state index is 12.5. The van der Waals surface area contributed by atoms with Gasteiger partial charge < -0.3 is 14.6 Å². The number of H-pyrrole nitrogens is 1. The number of carbonyl (C=O) groups excluding carboxylic acids is 1. The SMILES string of the molecule is COc1ccc2nc([C@H]3CC(=O)N(c4ccc(Br)cc4)C3)[nH]c(=O)c2c1. The van der Waals surface area contributed by atoms with Gasteiger partial charge in [-0.2, -0.15) is 0 Å². The van der Waals surface area contributed by atoms with Crippen LogP contribution in [0.4, 0.5) is 5.69 Å². The van der Waals surface area contributed by atoms with E-state index in [0.29, 0.717) is 35.4 Å². The Balaban J connectivity index is 1.67. The average molecular weight is 414 g/mol. The van der Waals surface area contributed by atoms with E-state index in [9.17, 15) is 9.59 Å². The number of carbonyl (C=O) groups is 1. The maximum Gasteiger partial charge on any atom is 0.258 e. The fourth-order valence-electron chi connectivity index (χ4n) is 3.22. The van der Waals surface area contributed by atoms with Gasteiger partial charge in [0, 0.05) is 29.0 Å². The summed E-state index contributed by atoms with van der Waals surface area (Å²) in [5.74, 6) is 1.02. The molecule has 1 aliphatic rings. The summed E-state index contributed by atoms with van der Waals surface area (Å²) in [5, 5.41) is 0.474. The Morgan fingerprint density at radius 1 is 1.19 bits per heavy atom. The van der Waals surface area contributed by atoms with Crippen LogP contribution in [0.3, 0.4) is 0 Å². The minimum Gasteiger partial charge on any atom is -0.497 e. The molecule has 4 rings (SSSR count). The van der Waals surface area contributed by atoms with E-state index in [0.717, 1.165) is 10.2 Å². The topological polar surface area (TPSA) is 75.3 Å². The van der Waals surface area contributed by atoms with Gasteiger partial charge in [0.2, 0.25) is 5.91 Å². The number of methoxy groups -OCH3 is 1. The molecule has 6 nitrogen and oxygen atoms in total. The summed E-state index contributed by atoms with van der Waals surface area (Å²) >= 11 is 3.40. The molecule has 1 aliphatic heterocycles. The molecule has 2 aromatic carbocycles. The maximum atomic E-state index is 12.5. The number of hydrogen-bond donors (Lipinski definition) is 1. The Morgan fingerprint density at radius 3 is 2.69 bits per heavy atom. The highest BCUT2D eigenvalue weighted by Crippen LogP contribution is 2.31. The predicted octanol–water partition coefficient (Wildman–Crippen LogP) is 3.21. The number of fused-ring (bicyclic) bond motifs is 1. The molecule has 26 heavy (non-hydrogen) atoms. The molecular formula is C19H16BrN3O3. The first kappa shape index (κ1) is 16.8. The van der Waals surface area contributed by atoms with E-state index in [-0.39, 0.29) is 17.4 Å². The lowest BCUT2D eigenvalue weighted by atomic mass is 10.1. The van der Waals surface area contributed by atoms with Gasteiger partial charge in [-0.3, -0.25) is 9.59 Å². The summed E-state index contributed by atoms with van der Waals surface area (Å²) in [6.07, 6.45) is 0.320. The smallest absolute Gasteiger partial charge is 0.258 e. The standard InChI is InChI=1S/C19H16BrN3O3/c1-26-14-6-7-16-15(9-14)19(25)22-18(21-16)11-8-17(24)23(10-11)13-4-2-12(20)3-5-13/h2-7,9,11H,8,10H2,1H3,(H,21,22,25)/t11-/m0/s1. The van der Waals surface area contributed by atoms with Crippen molar-refractivity contribution in [3.63, 3.8) is 0 Å². The molecule has 1 aromatic heterocycles. The fourth-order valence-corrected chi connectivity index (χ4v) is 3.48. The number of nitrogens with zero attached hydrogens (tertiary/aromatic N) is 2. The molecule has 2 heterocycles. The molecule has 3 aromatic rings. The number of anilines is 1. The summed E-state index contributed by atoms with van der Waals surface area (Å²) in [5.41, 5.74) is 1.21. The quantitative estimate of drug-likeness (QED) is 0.714. The molecule has 0 aliphatic carbocycles. The monoisotopic (exact) mass is 413 g/mol. The number of aromatic amines is 1. The molecule has 0 spiro atoms. The molecule has 1 saturated heterocycles. The fraction of sp³-hybridized carbons (Fsp3) is 0.211. The Bertz CT molecular complexity index is 1050. The van der Waals surface area contributed by atoms with Gasteiger partial charge in [0.15, 0.2) is 0 Å². The summed E-state index contributed by atoms with van der Waals surface area (Å²) in [4.78, 5) is 34.0. The van der Waals surface area contributed by atoms with Crippen molar-refractivity contribution in [3.05, 3.63) is 63.1 Å². The van der Waals surface area contributed by atoms with Crippen LogP contribution >= 0.6 is 15.9 Å². The lowest BCUT2D eigenvalue weighted by Gasteiger charge is -2.16. The Hall–Kier alpha value is -2.67. The lowest BCUT2D eigenvalue weighted by molar-refractivity contribution is -0.117. The van der Waals surface area contributed by atoms with Crippen molar-refractivity contribution in [1.82, 2.24) is 9.97 Å². The third-order valence-electron chi connectivity index (χ3n) is 4.58. The van der Waals surface area contributed by atoms with E-state index >= 15 is 0 Å². The minimum atomic E-state index is -0.224. The first-order chi connectivity index (χ1) is 12.5. The van der Waals surface area contributed by atoms with Gasteiger partial charge in [-0.25, -0.2) is 4.98 Å². The lowest BCUT2D eigenvalue weighted by Crippen LogP contribution is -2.24. The molecule has 7 heteroatoms. The van der Waals surface area contributed by atoms with Gasteiger partial charge in [0.25, 0.3) is 5.56 Å². The predicted molar refractivity (Wildman–Crippen MR) is 103 cm³/mol. The molecule has 1 N–H and O–H groups in total. The summed E-state index contributed by atoms with van der Waals surface area (Å²) in [7, 11) is 1.55. The van der Waals surface area contributed by atoms with Crippen LogP contribution in [0.25, 0.3) is 10.9 Å². The van der Waals surface area contributed by atoms with Crippen LogP contribution in [-0.4, -0.2) is 29.5 Å². The van der Waals surface area contributed by atoms with E-state index in [1.807, 2.05) is 24.3 Å². The number of nitrogens with one attached hydrogen (secondary N) is 1. The van der Waals surface area contributed by atoms with Gasteiger partial charge >= 0.3 is 0 Å². The summed E-state index contributed by atoms with van der Waals surface area (Å²) in [6, 6.07) is 12.8. The van der Waals surface area contributed by atoms with Gasteiger partial charge in [-0.15, -0.1) is 0 Å². The number of hydrogen-bond acceptors (Lipinski definition) is 4. The zero-order chi connectivity index (χ0) is 18.3. The first-order valence-corrected chi connectivity index (χ1v) is 8.98. The van der Waals surface area contributed by atoms with Crippen molar-refractivity contribution in [2.75, 3.05) is 18.6 Å². The number of aromatic nitrogens is 2. The van der Waals surface area contributed by atoms with Crippen molar-refractivity contribution in [2.24, 2.45) is 0 Å². The molecule has 1 amide bonds. The van der Waals surface area contributed by atoms with Crippen molar-refractivity contribution >= 4 is 38.4 Å². The largest absolute Gasteiger partial charge is 0.497 e. The van der Waals surface area contributed by atoms with Gasteiger partial charge in [-0.1, -0.05) is 15.9 Å². The minimum absolute atomic E-state index is 0.0230. The highest BCUT2D eigenvalue weighted by atomic mass is 79.9. The number of ether oxygens (including phenoxy) is 1. The van der Waals surface area contributed by atoms with E-state index in [2.05, 4.69) is 25.9 Å². The van der Waals surface area contributed by atoms with Crippen LogP contribution in [0.1, 0.15) is 18.2 Å². The molecule has 0 saturated carbocycles. The van der Waals surface area contributed by atoms with Crippen LogP contribution in [0.2, 0.25) is 0 Å². The zero-order valence-corrected chi connectivity index (χ0v) is 15.6. The number of amides is 1. The molecule has 1 fully saturated rings.